The van der Waals surface area contributed by atoms with Crippen LogP contribution in [0, 0.1) is 0 Å². The molecule has 13 heavy (non-hydrogen) atoms. The Morgan fingerprint density at radius 2 is 2.08 bits per heavy atom. The molecule has 0 aliphatic rings. The van der Waals surface area contributed by atoms with E-state index in [1.807, 2.05) is 6.07 Å². The van der Waals surface area contributed by atoms with E-state index in [2.05, 4.69) is 0 Å². The van der Waals surface area contributed by atoms with Crippen molar-refractivity contribution in [2.24, 2.45) is 5.73 Å². The van der Waals surface area contributed by atoms with E-state index in [-0.39, 0.29) is 4.87 Å². The quantitative estimate of drug-likeness (QED) is 0.679. The highest BCUT2D eigenvalue weighted by molar-refractivity contribution is 7.16. The van der Waals surface area contributed by atoms with Crippen molar-refractivity contribution >= 4 is 27.6 Å². The lowest BCUT2D eigenvalue weighted by atomic mass is 10.3. The number of primary amides is 1. The maximum atomic E-state index is 11.3. The van der Waals surface area contributed by atoms with E-state index in [4.69, 9.17) is 5.73 Å². The fourth-order valence-corrected chi connectivity index (χ4v) is 2.05. The summed E-state index contributed by atoms with van der Waals surface area (Å²) < 4.78 is 1.74. The van der Waals surface area contributed by atoms with Gasteiger partial charge in [0, 0.05) is 0 Å². The zero-order valence-electron chi connectivity index (χ0n) is 6.56. The second-order valence-electron chi connectivity index (χ2n) is 2.51. The molecular formula is C8H6N2O2S. The van der Waals surface area contributed by atoms with Gasteiger partial charge in [-0.25, -0.2) is 9.36 Å². The smallest absolute Gasteiger partial charge is 0.327 e. The van der Waals surface area contributed by atoms with Crippen molar-refractivity contribution in [1.29, 1.82) is 0 Å². The van der Waals surface area contributed by atoms with Gasteiger partial charge in [-0.2, -0.15) is 0 Å². The first-order chi connectivity index (χ1) is 6.20. The van der Waals surface area contributed by atoms with E-state index in [9.17, 15) is 9.59 Å². The number of para-hydroxylation sites is 1. The van der Waals surface area contributed by atoms with Gasteiger partial charge in [-0.15, -0.1) is 0 Å². The Balaban J connectivity index is 2.95. The number of aromatic nitrogens is 1. The van der Waals surface area contributed by atoms with Gasteiger partial charge in [-0.3, -0.25) is 4.79 Å². The Bertz CT molecular complexity index is 526. The second kappa shape index (κ2) is 2.70. The van der Waals surface area contributed by atoms with Crippen LogP contribution < -0.4 is 10.6 Å². The number of carbonyl (C=O) groups excluding carboxylic acids is 1. The molecule has 2 N–H and O–H groups in total. The van der Waals surface area contributed by atoms with Crippen LogP contribution in [0.1, 0.15) is 0 Å². The average Bonchev–Trinajstić information content (AvgIpc) is 2.39. The number of thiazole rings is 1. The largest absolute Gasteiger partial charge is 0.351 e. The first-order valence-corrected chi connectivity index (χ1v) is 4.42. The number of nitrogens with two attached hydrogens (primary N) is 1. The lowest BCUT2D eigenvalue weighted by Crippen LogP contribution is -2.27. The molecule has 0 bridgehead atoms. The van der Waals surface area contributed by atoms with Crippen molar-refractivity contribution in [3.05, 3.63) is 33.9 Å². The second-order valence-corrected chi connectivity index (χ2v) is 3.50. The number of carbonyl (C=O) groups is 1. The lowest BCUT2D eigenvalue weighted by molar-refractivity contribution is 0.251. The number of fused-ring (bicyclic) bond motifs is 1. The van der Waals surface area contributed by atoms with Crippen LogP contribution in [0.4, 0.5) is 4.79 Å². The standard InChI is InChI=1S/C8H6N2O2S/c9-7(11)10-5-3-1-2-4-6(5)13-8(10)12/h1-4H,(H2,9,11). The van der Waals surface area contributed by atoms with Crippen LogP contribution in [-0.2, 0) is 0 Å². The number of nitrogens with zero attached hydrogens (tertiary/aromatic N) is 1. The third-order valence-corrected chi connectivity index (χ3v) is 2.63. The molecule has 0 unspecified atom stereocenters. The van der Waals surface area contributed by atoms with E-state index in [0.717, 1.165) is 20.6 Å². The molecule has 2 rings (SSSR count). The number of amides is 1. The van der Waals surface area contributed by atoms with Crippen LogP contribution in [0.25, 0.3) is 10.2 Å². The third kappa shape index (κ3) is 1.13. The normalized spacial score (nSPS) is 10.5. The summed E-state index contributed by atoms with van der Waals surface area (Å²) in [6, 6.07) is 6.30. The topological polar surface area (TPSA) is 65.1 Å². The van der Waals surface area contributed by atoms with Gasteiger partial charge in [0.05, 0.1) is 10.2 Å². The minimum Gasteiger partial charge on any atom is -0.351 e. The van der Waals surface area contributed by atoms with Crippen LogP contribution >= 0.6 is 11.3 Å². The predicted octanol–water partition coefficient (Wildman–Crippen LogP) is 0.990. The van der Waals surface area contributed by atoms with Crippen LogP contribution in [0.15, 0.2) is 29.1 Å². The summed E-state index contributed by atoms with van der Waals surface area (Å²) >= 11 is 1.01. The molecule has 0 aliphatic heterocycles. The van der Waals surface area contributed by atoms with Gasteiger partial charge in [0.1, 0.15) is 0 Å². The number of rotatable bonds is 0. The summed E-state index contributed by atoms with van der Waals surface area (Å²) in [5.74, 6) is 0. The fraction of sp³-hybridized carbons (Fsp3) is 0. The highest BCUT2D eigenvalue weighted by Crippen LogP contribution is 2.15. The predicted molar refractivity (Wildman–Crippen MR) is 51.1 cm³/mol. The molecule has 0 radical (unpaired) electrons. The summed E-state index contributed by atoms with van der Waals surface area (Å²) in [4.78, 5) is 21.8. The van der Waals surface area contributed by atoms with E-state index in [1.54, 1.807) is 18.2 Å². The molecule has 1 aromatic carbocycles. The molecule has 66 valence electrons. The molecular weight excluding hydrogens is 188 g/mol. The Hall–Kier alpha value is -1.62. The maximum absolute atomic E-state index is 11.3. The van der Waals surface area contributed by atoms with Crippen LogP contribution in [0.3, 0.4) is 0 Å². The summed E-state index contributed by atoms with van der Waals surface area (Å²) in [5, 5.41) is 0. The van der Waals surface area contributed by atoms with Crippen molar-refractivity contribution in [3.8, 4) is 0 Å². The van der Waals surface area contributed by atoms with Gasteiger partial charge in [0.15, 0.2) is 0 Å². The van der Waals surface area contributed by atoms with Crippen LogP contribution in [0.5, 0.6) is 0 Å². The van der Waals surface area contributed by atoms with Crippen LogP contribution in [-0.4, -0.2) is 10.6 Å². The zero-order chi connectivity index (χ0) is 9.42. The van der Waals surface area contributed by atoms with Gasteiger partial charge in [0.25, 0.3) is 0 Å². The van der Waals surface area contributed by atoms with E-state index in [0.29, 0.717) is 5.52 Å². The summed E-state index contributed by atoms with van der Waals surface area (Å²) in [7, 11) is 0. The first kappa shape index (κ1) is 8.00. The van der Waals surface area contributed by atoms with Gasteiger partial charge in [-0.05, 0) is 12.1 Å². The molecule has 0 saturated carbocycles. The minimum absolute atomic E-state index is 0.339. The van der Waals surface area contributed by atoms with Gasteiger partial charge in [0.2, 0.25) is 0 Å². The van der Waals surface area contributed by atoms with E-state index < -0.39 is 6.03 Å². The monoisotopic (exact) mass is 194 g/mol. The number of hydrogen-bond acceptors (Lipinski definition) is 3. The van der Waals surface area contributed by atoms with Crippen molar-refractivity contribution in [2.45, 2.75) is 0 Å². The van der Waals surface area contributed by atoms with Gasteiger partial charge in [-0.1, -0.05) is 23.5 Å². The van der Waals surface area contributed by atoms with Crippen LogP contribution in [0.2, 0.25) is 0 Å². The molecule has 1 aromatic heterocycles. The molecule has 1 heterocycles. The first-order valence-electron chi connectivity index (χ1n) is 3.60. The van der Waals surface area contributed by atoms with Crippen molar-refractivity contribution in [2.75, 3.05) is 0 Å². The molecule has 2 aromatic rings. The van der Waals surface area contributed by atoms with Crippen molar-refractivity contribution in [1.82, 2.24) is 4.57 Å². The Morgan fingerprint density at radius 3 is 2.77 bits per heavy atom. The zero-order valence-corrected chi connectivity index (χ0v) is 7.38. The van der Waals surface area contributed by atoms with Crippen molar-refractivity contribution < 1.29 is 4.79 Å². The molecule has 0 aliphatic carbocycles. The number of hydrogen-bond donors (Lipinski definition) is 1. The lowest BCUT2D eigenvalue weighted by Gasteiger charge is -1.94. The molecule has 0 atom stereocenters. The summed E-state index contributed by atoms with van der Waals surface area (Å²) in [6.45, 7) is 0. The summed E-state index contributed by atoms with van der Waals surface area (Å²) in [5.41, 5.74) is 5.63. The minimum atomic E-state index is -0.734. The van der Waals surface area contributed by atoms with E-state index in [1.165, 1.54) is 0 Å². The molecule has 1 amide bonds. The Kier molecular flexibility index (Phi) is 1.66. The van der Waals surface area contributed by atoms with Gasteiger partial charge < -0.3 is 5.73 Å². The third-order valence-electron chi connectivity index (χ3n) is 1.71. The number of benzene rings is 1. The molecule has 5 heteroatoms. The molecule has 0 spiro atoms. The highest BCUT2D eigenvalue weighted by Gasteiger charge is 2.09. The Labute approximate surface area is 77.2 Å². The fourth-order valence-electron chi connectivity index (χ4n) is 1.17. The van der Waals surface area contributed by atoms with E-state index >= 15 is 0 Å². The highest BCUT2D eigenvalue weighted by atomic mass is 32.1. The molecule has 4 nitrogen and oxygen atoms in total. The van der Waals surface area contributed by atoms with Crippen molar-refractivity contribution in [3.63, 3.8) is 0 Å². The molecule has 0 saturated heterocycles. The van der Waals surface area contributed by atoms with Gasteiger partial charge >= 0.3 is 10.9 Å². The molecule has 0 fully saturated rings. The summed E-state index contributed by atoms with van der Waals surface area (Å²) in [6.07, 6.45) is 0. The average molecular weight is 194 g/mol. The Morgan fingerprint density at radius 1 is 1.38 bits per heavy atom. The maximum Gasteiger partial charge on any atom is 0.327 e. The SMILES string of the molecule is NC(=O)n1c(=O)sc2ccccc21.